The molecule has 1 aromatic carbocycles. The highest BCUT2D eigenvalue weighted by Gasteiger charge is 2.32. The number of fused-ring (bicyclic) bond motifs is 1. The van der Waals surface area contributed by atoms with E-state index in [9.17, 15) is 9.59 Å². The van der Waals surface area contributed by atoms with Crippen LogP contribution in [0.4, 0.5) is 0 Å². The lowest BCUT2D eigenvalue weighted by Crippen LogP contribution is -2.51. The highest BCUT2D eigenvalue weighted by atomic mass is 16.2. The largest absolute Gasteiger partial charge is 0.350 e. The van der Waals surface area contributed by atoms with Crippen LogP contribution in [0.2, 0.25) is 0 Å². The van der Waals surface area contributed by atoms with Crippen molar-refractivity contribution >= 4 is 11.8 Å². The van der Waals surface area contributed by atoms with Gasteiger partial charge in [0, 0.05) is 45.0 Å². The van der Waals surface area contributed by atoms with E-state index < -0.39 is 6.04 Å². The van der Waals surface area contributed by atoms with Crippen LogP contribution in [0.1, 0.15) is 29.4 Å². The fourth-order valence-corrected chi connectivity index (χ4v) is 3.72. The number of benzene rings is 1. The van der Waals surface area contributed by atoms with Crippen LogP contribution in [0, 0.1) is 6.92 Å². The van der Waals surface area contributed by atoms with Gasteiger partial charge < -0.3 is 10.2 Å². The predicted molar refractivity (Wildman–Crippen MR) is 108 cm³/mol. The molecule has 3 heterocycles. The lowest BCUT2D eigenvalue weighted by Gasteiger charge is -2.35. The van der Waals surface area contributed by atoms with Crippen LogP contribution in [0.15, 0.2) is 55.0 Å². The highest BCUT2D eigenvalue weighted by molar-refractivity contribution is 5.87. The van der Waals surface area contributed by atoms with Crippen LogP contribution in [0.25, 0.3) is 5.82 Å². The Bertz CT molecular complexity index is 1060. The summed E-state index contributed by atoms with van der Waals surface area (Å²) in [4.78, 5) is 35.3. The standard InChI is InChI=1S/C22H23N5O2/c1-15-23-9-10-26(15)21-11-17(7-8-24-21)13-25-22(29)20-12-18-5-3-4-6-19(18)14-27(20)16(2)28/h3-11,20H,12-14H2,1-2H3,(H,25,29)/t20-/m0/s1. The molecule has 0 saturated carbocycles. The highest BCUT2D eigenvalue weighted by Crippen LogP contribution is 2.23. The van der Waals surface area contributed by atoms with Gasteiger partial charge in [-0.05, 0) is 35.7 Å². The van der Waals surface area contributed by atoms with Gasteiger partial charge in [-0.1, -0.05) is 24.3 Å². The molecule has 29 heavy (non-hydrogen) atoms. The molecule has 7 heteroatoms. The molecule has 3 aromatic rings. The van der Waals surface area contributed by atoms with Gasteiger partial charge in [-0.3, -0.25) is 14.2 Å². The molecule has 1 aliphatic heterocycles. The van der Waals surface area contributed by atoms with E-state index >= 15 is 0 Å². The SMILES string of the molecule is CC(=O)N1Cc2ccccc2C[C@H]1C(=O)NCc1ccnc(-n2ccnc2C)c1. The first-order valence-corrected chi connectivity index (χ1v) is 9.60. The van der Waals surface area contributed by atoms with Crippen molar-refractivity contribution < 1.29 is 9.59 Å². The fourth-order valence-electron chi connectivity index (χ4n) is 3.72. The second kappa shape index (κ2) is 7.87. The molecule has 0 unspecified atom stereocenters. The molecule has 0 spiro atoms. The summed E-state index contributed by atoms with van der Waals surface area (Å²) < 4.78 is 1.89. The minimum Gasteiger partial charge on any atom is -0.350 e. The van der Waals surface area contributed by atoms with Crippen molar-refractivity contribution in [1.29, 1.82) is 0 Å². The molecule has 0 bridgehead atoms. The van der Waals surface area contributed by atoms with Crippen molar-refractivity contribution in [1.82, 2.24) is 24.8 Å². The molecule has 1 aliphatic rings. The Hall–Kier alpha value is -3.48. The minimum atomic E-state index is -0.500. The maximum Gasteiger partial charge on any atom is 0.243 e. The number of aromatic nitrogens is 3. The van der Waals surface area contributed by atoms with Crippen LogP contribution in [-0.4, -0.2) is 37.3 Å². The first-order chi connectivity index (χ1) is 14.0. The minimum absolute atomic E-state index is 0.0959. The summed E-state index contributed by atoms with van der Waals surface area (Å²) in [6.07, 6.45) is 5.82. The van der Waals surface area contributed by atoms with E-state index in [-0.39, 0.29) is 11.8 Å². The van der Waals surface area contributed by atoms with Crippen LogP contribution in [-0.2, 0) is 29.1 Å². The lowest BCUT2D eigenvalue weighted by molar-refractivity contribution is -0.140. The third kappa shape index (κ3) is 3.89. The molecular weight excluding hydrogens is 366 g/mol. The first kappa shape index (κ1) is 18.9. The summed E-state index contributed by atoms with van der Waals surface area (Å²) in [5.74, 6) is 1.36. The van der Waals surface area contributed by atoms with Crippen molar-refractivity contribution in [2.24, 2.45) is 0 Å². The van der Waals surface area contributed by atoms with Crippen molar-refractivity contribution in [3.63, 3.8) is 0 Å². The molecule has 0 aliphatic carbocycles. The molecular formula is C22H23N5O2. The summed E-state index contributed by atoms with van der Waals surface area (Å²) in [7, 11) is 0. The van der Waals surface area contributed by atoms with Gasteiger partial charge in [0.1, 0.15) is 17.7 Å². The molecule has 1 atom stereocenters. The third-order valence-corrected chi connectivity index (χ3v) is 5.30. The Labute approximate surface area is 169 Å². The van der Waals surface area contributed by atoms with Crippen LogP contribution < -0.4 is 5.32 Å². The Kier molecular flexibility index (Phi) is 5.12. The van der Waals surface area contributed by atoms with Gasteiger partial charge in [0.25, 0.3) is 0 Å². The van der Waals surface area contributed by atoms with Gasteiger partial charge in [0.2, 0.25) is 11.8 Å². The fraction of sp³-hybridized carbons (Fsp3) is 0.273. The molecule has 0 saturated heterocycles. The van der Waals surface area contributed by atoms with Gasteiger partial charge in [-0.25, -0.2) is 9.97 Å². The number of carbonyl (C=O) groups is 2. The number of pyridine rings is 1. The molecule has 2 aromatic heterocycles. The Balaban J connectivity index is 1.48. The average molecular weight is 389 g/mol. The van der Waals surface area contributed by atoms with Crippen LogP contribution in [0.3, 0.4) is 0 Å². The van der Waals surface area contributed by atoms with Gasteiger partial charge in [-0.15, -0.1) is 0 Å². The maximum atomic E-state index is 12.9. The van der Waals surface area contributed by atoms with E-state index in [1.807, 2.05) is 54.1 Å². The summed E-state index contributed by atoms with van der Waals surface area (Å²) >= 11 is 0. The number of carbonyl (C=O) groups excluding carboxylic acids is 2. The van der Waals surface area contributed by atoms with E-state index in [1.54, 1.807) is 17.3 Å². The van der Waals surface area contributed by atoms with Crippen molar-refractivity contribution in [2.75, 3.05) is 0 Å². The molecule has 4 rings (SSSR count). The number of nitrogens with one attached hydrogen (secondary N) is 1. The molecule has 7 nitrogen and oxygen atoms in total. The number of aryl methyl sites for hydroxylation is 1. The lowest BCUT2D eigenvalue weighted by atomic mass is 9.93. The van der Waals surface area contributed by atoms with E-state index in [4.69, 9.17) is 0 Å². The Morgan fingerprint density at radius 2 is 1.93 bits per heavy atom. The number of hydrogen-bond donors (Lipinski definition) is 1. The smallest absolute Gasteiger partial charge is 0.243 e. The summed E-state index contributed by atoms with van der Waals surface area (Å²) in [5.41, 5.74) is 3.15. The van der Waals surface area contributed by atoms with Crippen molar-refractivity contribution in [3.8, 4) is 5.82 Å². The monoisotopic (exact) mass is 389 g/mol. The maximum absolute atomic E-state index is 12.9. The van der Waals surface area contributed by atoms with Gasteiger partial charge in [0.15, 0.2) is 0 Å². The van der Waals surface area contributed by atoms with E-state index in [2.05, 4.69) is 15.3 Å². The number of amides is 2. The topological polar surface area (TPSA) is 80.1 Å². The summed E-state index contributed by atoms with van der Waals surface area (Å²) in [5, 5.41) is 2.99. The number of rotatable bonds is 4. The number of hydrogen-bond acceptors (Lipinski definition) is 4. The average Bonchev–Trinajstić information content (AvgIpc) is 3.17. The Morgan fingerprint density at radius 1 is 1.14 bits per heavy atom. The number of nitrogens with zero attached hydrogens (tertiary/aromatic N) is 4. The van der Waals surface area contributed by atoms with Crippen molar-refractivity contribution in [3.05, 3.63) is 77.5 Å². The van der Waals surface area contributed by atoms with E-state index in [0.29, 0.717) is 19.5 Å². The molecule has 2 amide bonds. The normalized spacial score (nSPS) is 15.7. The summed E-state index contributed by atoms with van der Waals surface area (Å²) in [6, 6.07) is 11.3. The second-order valence-corrected chi connectivity index (χ2v) is 7.22. The zero-order valence-electron chi connectivity index (χ0n) is 16.5. The molecule has 0 radical (unpaired) electrons. The van der Waals surface area contributed by atoms with Gasteiger partial charge >= 0.3 is 0 Å². The Morgan fingerprint density at radius 3 is 2.66 bits per heavy atom. The molecule has 1 N–H and O–H groups in total. The first-order valence-electron chi connectivity index (χ1n) is 9.60. The van der Waals surface area contributed by atoms with E-state index in [1.165, 1.54) is 6.92 Å². The zero-order valence-corrected chi connectivity index (χ0v) is 16.5. The second-order valence-electron chi connectivity index (χ2n) is 7.22. The van der Waals surface area contributed by atoms with Crippen molar-refractivity contribution in [2.45, 2.75) is 39.4 Å². The van der Waals surface area contributed by atoms with Crippen LogP contribution >= 0.6 is 0 Å². The van der Waals surface area contributed by atoms with E-state index in [0.717, 1.165) is 28.3 Å². The van der Waals surface area contributed by atoms with Crippen LogP contribution in [0.5, 0.6) is 0 Å². The zero-order chi connectivity index (χ0) is 20.4. The predicted octanol–water partition coefficient (Wildman–Crippen LogP) is 2.17. The quantitative estimate of drug-likeness (QED) is 0.742. The van der Waals surface area contributed by atoms with Gasteiger partial charge in [0.05, 0.1) is 0 Å². The summed E-state index contributed by atoms with van der Waals surface area (Å²) in [6.45, 7) is 4.25. The molecule has 148 valence electrons. The third-order valence-electron chi connectivity index (χ3n) is 5.30. The number of imidazole rings is 1. The molecule has 0 fully saturated rings. The van der Waals surface area contributed by atoms with Gasteiger partial charge in [-0.2, -0.15) is 0 Å².